The Bertz CT molecular complexity index is 630. The lowest BCUT2D eigenvalue weighted by molar-refractivity contribution is -0.163. The summed E-state index contributed by atoms with van der Waals surface area (Å²) < 4.78 is 19.5. The quantitative estimate of drug-likeness (QED) is 0.704. The van der Waals surface area contributed by atoms with E-state index in [9.17, 15) is 9.18 Å². The molecule has 1 heterocycles. The van der Waals surface area contributed by atoms with Crippen molar-refractivity contribution in [2.75, 3.05) is 20.1 Å². The molecule has 0 N–H and O–H groups in total. The van der Waals surface area contributed by atoms with E-state index in [0.717, 1.165) is 31.4 Å². The van der Waals surface area contributed by atoms with Gasteiger partial charge in [0.1, 0.15) is 11.9 Å². The number of likely N-dealkylation sites (tertiary alicyclic amines) is 1. The average Bonchev–Trinajstić information content (AvgIpc) is 2.62. The summed E-state index contributed by atoms with van der Waals surface area (Å²) in [5.74, 6) is 1.21. The van der Waals surface area contributed by atoms with Crippen LogP contribution >= 0.6 is 0 Å². The van der Waals surface area contributed by atoms with Crippen LogP contribution in [0.1, 0.15) is 57.9 Å². The largest absolute Gasteiger partial charge is 0.462 e. The smallest absolute Gasteiger partial charge is 0.311 e. The Kier molecular flexibility index (Phi) is 6.56. The summed E-state index contributed by atoms with van der Waals surface area (Å²) in [7, 11) is 2.06. The zero-order valence-electron chi connectivity index (χ0n) is 17.2. The fourth-order valence-electron chi connectivity index (χ4n) is 4.95. The Morgan fingerprint density at radius 1 is 1.19 bits per heavy atom. The first-order chi connectivity index (χ1) is 12.8. The van der Waals surface area contributed by atoms with Crippen LogP contribution in [0.4, 0.5) is 4.39 Å². The fraction of sp³-hybridized carbons (Fsp3) is 0.696. The molecule has 1 saturated carbocycles. The van der Waals surface area contributed by atoms with Gasteiger partial charge in [0, 0.05) is 6.54 Å². The van der Waals surface area contributed by atoms with Gasteiger partial charge in [-0.1, -0.05) is 39.3 Å². The first-order valence-electron chi connectivity index (χ1n) is 10.5. The minimum absolute atomic E-state index is 0.0300. The number of benzene rings is 1. The monoisotopic (exact) mass is 375 g/mol. The van der Waals surface area contributed by atoms with Crippen molar-refractivity contribution in [1.29, 1.82) is 0 Å². The van der Waals surface area contributed by atoms with Crippen molar-refractivity contribution >= 4 is 5.97 Å². The highest BCUT2D eigenvalue weighted by Gasteiger charge is 2.39. The molecule has 27 heavy (non-hydrogen) atoms. The maximum absolute atomic E-state index is 13.3. The van der Waals surface area contributed by atoms with Crippen LogP contribution in [0.2, 0.25) is 0 Å². The van der Waals surface area contributed by atoms with Gasteiger partial charge >= 0.3 is 5.97 Å². The molecular weight excluding hydrogens is 341 g/mol. The molecule has 4 heteroatoms. The average molecular weight is 376 g/mol. The number of nitrogens with zero attached hydrogens (tertiary/aromatic N) is 1. The van der Waals surface area contributed by atoms with Crippen molar-refractivity contribution in [3.05, 3.63) is 35.6 Å². The Labute approximate surface area is 163 Å². The fourth-order valence-corrected chi connectivity index (χ4v) is 4.95. The standard InChI is InChI=1S/C23H34FNO2/c1-15(2)19-10-5-16(3)13-22(19)27-23(26)21-14-25(4)12-11-20(21)17-6-8-18(24)9-7-17/h6-9,15-16,19-22H,5,10-14H2,1-4H3/t16-,19+,20-,21+,22+/m0/s1. The summed E-state index contributed by atoms with van der Waals surface area (Å²) in [5, 5.41) is 0. The summed E-state index contributed by atoms with van der Waals surface area (Å²) in [5.41, 5.74) is 1.05. The highest BCUT2D eigenvalue weighted by atomic mass is 19.1. The van der Waals surface area contributed by atoms with Gasteiger partial charge in [-0.2, -0.15) is 0 Å². The topological polar surface area (TPSA) is 29.5 Å². The molecule has 2 aliphatic rings. The molecule has 1 aliphatic heterocycles. The van der Waals surface area contributed by atoms with Crippen LogP contribution in [0, 0.1) is 29.5 Å². The van der Waals surface area contributed by atoms with Gasteiger partial charge in [0.05, 0.1) is 5.92 Å². The number of piperidine rings is 1. The molecule has 1 aromatic rings. The SMILES string of the molecule is CC(C)[C@H]1CC[C@H](C)C[C@H]1OC(=O)[C@@H]1CN(C)CC[C@H]1c1ccc(F)cc1. The van der Waals surface area contributed by atoms with E-state index in [-0.39, 0.29) is 29.7 Å². The molecular formula is C23H34FNO2. The first-order valence-corrected chi connectivity index (χ1v) is 10.5. The van der Waals surface area contributed by atoms with E-state index in [1.807, 2.05) is 12.1 Å². The third kappa shape index (κ3) is 4.90. The third-order valence-electron chi connectivity index (χ3n) is 6.65. The van der Waals surface area contributed by atoms with E-state index in [0.29, 0.717) is 24.3 Å². The molecule has 1 aromatic carbocycles. The number of ether oxygens (including phenoxy) is 1. The van der Waals surface area contributed by atoms with Gasteiger partial charge in [-0.15, -0.1) is 0 Å². The summed E-state index contributed by atoms with van der Waals surface area (Å²) >= 11 is 0. The van der Waals surface area contributed by atoms with Gasteiger partial charge in [-0.3, -0.25) is 4.79 Å². The highest BCUT2D eigenvalue weighted by Crippen LogP contribution is 2.38. The molecule has 0 radical (unpaired) electrons. The Morgan fingerprint density at radius 3 is 2.56 bits per heavy atom. The molecule has 3 rings (SSSR count). The van der Waals surface area contributed by atoms with E-state index >= 15 is 0 Å². The zero-order valence-corrected chi connectivity index (χ0v) is 17.2. The van der Waals surface area contributed by atoms with Crippen molar-refractivity contribution in [3.8, 4) is 0 Å². The van der Waals surface area contributed by atoms with E-state index in [1.54, 1.807) is 0 Å². The third-order valence-corrected chi connectivity index (χ3v) is 6.65. The van der Waals surface area contributed by atoms with Gasteiger partial charge in [0.25, 0.3) is 0 Å². The Hall–Kier alpha value is -1.42. The van der Waals surface area contributed by atoms with E-state index in [2.05, 4.69) is 32.7 Å². The van der Waals surface area contributed by atoms with Crippen molar-refractivity contribution in [2.24, 2.45) is 23.7 Å². The molecule has 5 atom stereocenters. The maximum Gasteiger partial charge on any atom is 0.311 e. The predicted octanol–water partition coefficient (Wildman–Crippen LogP) is 4.87. The van der Waals surface area contributed by atoms with Crippen LogP contribution in [-0.4, -0.2) is 37.1 Å². The number of carbonyl (C=O) groups is 1. The second-order valence-corrected chi connectivity index (χ2v) is 9.12. The number of esters is 1. The summed E-state index contributed by atoms with van der Waals surface area (Å²) in [6, 6.07) is 6.64. The molecule has 0 aromatic heterocycles. The van der Waals surface area contributed by atoms with Crippen LogP contribution in [0.25, 0.3) is 0 Å². The predicted molar refractivity (Wildman–Crippen MR) is 106 cm³/mol. The lowest BCUT2D eigenvalue weighted by Gasteiger charge is -2.40. The van der Waals surface area contributed by atoms with E-state index in [4.69, 9.17) is 4.74 Å². The van der Waals surface area contributed by atoms with Crippen LogP contribution in [0.5, 0.6) is 0 Å². The normalized spacial score (nSPS) is 32.4. The molecule has 0 amide bonds. The van der Waals surface area contributed by atoms with Crippen LogP contribution in [0.15, 0.2) is 24.3 Å². The molecule has 3 nitrogen and oxygen atoms in total. The van der Waals surface area contributed by atoms with Crippen molar-refractivity contribution < 1.29 is 13.9 Å². The second-order valence-electron chi connectivity index (χ2n) is 9.12. The maximum atomic E-state index is 13.3. The molecule has 0 unspecified atom stereocenters. The van der Waals surface area contributed by atoms with Gasteiger partial charge in [-0.25, -0.2) is 4.39 Å². The Balaban J connectivity index is 1.75. The summed E-state index contributed by atoms with van der Waals surface area (Å²) in [4.78, 5) is 15.4. The number of rotatable bonds is 4. The van der Waals surface area contributed by atoms with Crippen molar-refractivity contribution in [1.82, 2.24) is 4.90 Å². The van der Waals surface area contributed by atoms with Crippen molar-refractivity contribution in [2.45, 2.75) is 58.5 Å². The minimum Gasteiger partial charge on any atom is -0.462 e. The Morgan fingerprint density at radius 2 is 1.89 bits per heavy atom. The lowest BCUT2D eigenvalue weighted by atomic mass is 9.75. The molecule has 150 valence electrons. The van der Waals surface area contributed by atoms with Gasteiger partial charge in [0.2, 0.25) is 0 Å². The van der Waals surface area contributed by atoms with Gasteiger partial charge in [0.15, 0.2) is 0 Å². The molecule has 0 spiro atoms. The first kappa shape index (κ1) is 20.3. The van der Waals surface area contributed by atoms with Crippen molar-refractivity contribution in [3.63, 3.8) is 0 Å². The van der Waals surface area contributed by atoms with Crippen LogP contribution in [-0.2, 0) is 9.53 Å². The summed E-state index contributed by atoms with van der Waals surface area (Å²) in [6.07, 6.45) is 4.27. The second kappa shape index (κ2) is 8.72. The van der Waals surface area contributed by atoms with Gasteiger partial charge in [-0.05, 0) is 74.2 Å². The molecule has 2 fully saturated rings. The number of carbonyl (C=O) groups excluding carboxylic acids is 1. The zero-order chi connectivity index (χ0) is 19.6. The number of hydrogen-bond donors (Lipinski definition) is 0. The summed E-state index contributed by atoms with van der Waals surface area (Å²) in [6.45, 7) is 8.37. The minimum atomic E-state index is -0.234. The molecule has 0 bridgehead atoms. The van der Waals surface area contributed by atoms with Crippen LogP contribution in [0.3, 0.4) is 0 Å². The van der Waals surface area contributed by atoms with E-state index < -0.39 is 0 Å². The molecule has 1 saturated heterocycles. The number of halogens is 1. The molecule has 1 aliphatic carbocycles. The van der Waals surface area contributed by atoms with Crippen LogP contribution < -0.4 is 0 Å². The van der Waals surface area contributed by atoms with Gasteiger partial charge < -0.3 is 9.64 Å². The van der Waals surface area contributed by atoms with E-state index in [1.165, 1.54) is 18.6 Å². The lowest BCUT2D eigenvalue weighted by Crippen LogP contribution is -2.44. The number of hydrogen-bond acceptors (Lipinski definition) is 3. The highest BCUT2D eigenvalue weighted by molar-refractivity contribution is 5.74.